The predicted octanol–water partition coefficient (Wildman–Crippen LogP) is 2.45. The normalized spacial score (nSPS) is 17.2. The summed E-state index contributed by atoms with van der Waals surface area (Å²) >= 11 is 0. The van der Waals surface area contributed by atoms with Gasteiger partial charge in [0, 0.05) is 44.5 Å². The molecule has 9 heteroatoms. The zero-order chi connectivity index (χ0) is 21.1. The van der Waals surface area contributed by atoms with Gasteiger partial charge in [0.1, 0.15) is 5.82 Å². The Kier molecular flexibility index (Phi) is 5.89. The number of benzene rings is 1. The number of carbonyl (C=O) groups is 1. The van der Waals surface area contributed by atoms with Crippen LogP contribution in [0, 0.1) is 5.82 Å². The number of piperidine rings is 1. The van der Waals surface area contributed by atoms with Crippen LogP contribution in [0.15, 0.2) is 41.2 Å². The van der Waals surface area contributed by atoms with Crippen LogP contribution in [-0.4, -0.2) is 62.3 Å². The zero-order valence-electron chi connectivity index (χ0n) is 17.2. The van der Waals surface area contributed by atoms with Gasteiger partial charge >= 0.3 is 0 Å². The fourth-order valence-electron chi connectivity index (χ4n) is 3.77. The Balaban J connectivity index is 1.36. The molecule has 1 unspecified atom stereocenters. The van der Waals surface area contributed by atoms with Gasteiger partial charge in [-0.1, -0.05) is 17.3 Å². The number of amides is 1. The monoisotopic (exact) mass is 412 g/mol. The van der Waals surface area contributed by atoms with Crippen molar-refractivity contribution in [1.82, 2.24) is 29.7 Å². The first kappa shape index (κ1) is 20.2. The van der Waals surface area contributed by atoms with E-state index in [9.17, 15) is 9.18 Å². The largest absolute Gasteiger partial charge is 0.340 e. The number of hydrogen-bond donors (Lipinski definition) is 0. The lowest BCUT2D eigenvalue weighted by Crippen LogP contribution is -2.42. The molecule has 1 aliphatic rings. The highest BCUT2D eigenvalue weighted by Gasteiger charge is 2.28. The number of likely N-dealkylation sites (tertiary alicyclic amines) is 1. The molecule has 3 heterocycles. The third-order valence-electron chi connectivity index (χ3n) is 5.34. The smallest absolute Gasteiger partial charge is 0.236 e. The summed E-state index contributed by atoms with van der Waals surface area (Å²) in [5.74, 6) is 0.705. The molecule has 1 amide bonds. The van der Waals surface area contributed by atoms with Crippen LogP contribution in [0.3, 0.4) is 0 Å². The van der Waals surface area contributed by atoms with Crippen LogP contribution in [0.2, 0.25) is 0 Å². The number of likely N-dealkylation sites (N-methyl/N-ethyl adjacent to an activating group) is 1. The number of aromatic nitrogens is 4. The van der Waals surface area contributed by atoms with Crippen molar-refractivity contribution < 1.29 is 13.7 Å². The molecular weight excluding hydrogens is 387 g/mol. The summed E-state index contributed by atoms with van der Waals surface area (Å²) in [4.78, 5) is 21.0. The quantitative estimate of drug-likeness (QED) is 0.619. The Morgan fingerprint density at radius 1 is 1.40 bits per heavy atom. The van der Waals surface area contributed by atoms with Gasteiger partial charge in [-0.05, 0) is 31.5 Å². The minimum Gasteiger partial charge on any atom is -0.340 e. The molecule has 0 bridgehead atoms. The molecule has 30 heavy (non-hydrogen) atoms. The molecule has 2 aromatic heterocycles. The summed E-state index contributed by atoms with van der Waals surface area (Å²) in [6.45, 7) is 2.41. The zero-order valence-corrected chi connectivity index (χ0v) is 17.2. The lowest BCUT2D eigenvalue weighted by atomic mass is 9.98. The van der Waals surface area contributed by atoms with Crippen LogP contribution in [-0.2, 0) is 18.4 Å². The van der Waals surface area contributed by atoms with Gasteiger partial charge in [0.25, 0.3) is 0 Å². The Labute approximate surface area is 174 Å². The maximum atomic E-state index is 13.5. The van der Waals surface area contributed by atoms with Crippen LogP contribution in [0.1, 0.15) is 30.2 Å². The van der Waals surface area contributed by atoms with E-state index in [1.54, 1.807) is 35.0 Å². The molecule has 1 aromatic carbocycles. The Hall–Kier alpha value is -3.07. The van der Waals surface area contributed by atoms with E-state index in [1.807, 2.05) is 13.2 Å². The number of nitrogens with zero attached hydrogens (tertiary/aromatic N) is 6. The van der Waals surface area contributed by atoms with Crippen molar-refractivity contribution >= 4 is 5.91 Å². The van der Waals surface area contributed by atoms with Crippen molar-refractivity contribution in [3.8, 4) is 11.4 Å². The standard InChI is InChI=1S/C21H25FN6O2/c1-26(11-15-10-23-27(2)12-15)19(29)14-28-8-4-6-17(13-28)21-24-20(25-30-21)16-5-3-7-18(22)9-16/h3,5,7,9-10,12,17H,4,6,8,11,13-14H2,1-2H3. The minimum atomic E-state index is -0.336. The highest BCUT2D eigenvalue weighted by molar-refractivity contribution is 5.78. The lowest BCUT2D eigenvalue weighted by molar-refractivity contribution is -0.132. The minimum absolute atomic E-state index is 0.0602. The topological polar surface area (TPSA) is 80.3 Å². The summed E-state index contributed by atoms with van der Waals surface area (Å²) in [5, 5.41) is 8.15. The average Bonchev–Trinajstić information content (AvgIpc) is 3.37. The van der Waals surface area contributed by atoms with Gasteiger partial charge in [0.15, 0.2) is 0 Å². The highest BCUT2D eigenvalue weighted by atomic mass is 19.1. The van der Waals surface area contributed by atoms with Gasteiger partial charge in [0.2, 0.25) is 17.6 Å². The molecule has 0 N–H and O–H groups in total. The molecule has 1 fully saturated rings. The second-order valence-corrected chi connectivity index (χ2v) is 7.81. The van der Waals surface area contributed by atoms with E-state index in [1.165, 1.54) is 12.1 Å². The molecule has 4 rings (SSSR count). The lowest BCUT2D eigenvalue weighted by Gasteiger charge is -2.31. The fourth-order valence-corrected chi connectivity index (χ4v) is 3.77. The van der Waals surface area contributed by atoms with Gasteiger partial charge in [-0.3, -0.25) is 14.4 Å². The summed E-state index contributed by atoms with van der Waals surface area (Å²) in [7, 11) is 3.66. The van der Waals surface area contributed by atoms with Crippen LogP contribution in [0.5, 0.6) is 0 Å². The fraction of sp³-hybridized carbons (Fsp3) is 0.429. The van der Waals surface area contributed by atoms with E-state index in [4.69, 9.17) is 4.52 Å². The summed E-state index contributed by atoms with van der Waals surface area (Å²) in [6, 6.07) is 6.14. The van der Waals surface area contributed by atoms with E-state index in [-0.39, 0.29) is 17.6 Å². The predicted molar refractivity (Wildman–Crippen MR) is 108 cm³/mol. The Bertz CT molecular complexity index is 1020. The second-order valence-electron chi connectivity index (χ2n) is 7.81. The van der Waals surface area contributed by atoms with Gasteiger partial charge in [0.05, 0.1) is 18.7 Å². The molecule has 1 aliphatic heterocycles. The maximum Gasteiger partial charge on any atom is 0.236 e. The van der Waals surface area contributed by atoms with Crippen LogP contribution >= 0.6 is 0 Å². The van der Waals surface area contributed by atoms with Crippen molar-refractivity contribution in [2.24, 2.45) is 7.05 Å². The summed E-state index contributed by atoms with van der Waals surface area (Å²) in [5.41, 5.74) is 1.59. The van der Waals surface area contributed by atoms with Crippen LogP contribution in [0.4, 0.5) is 4.39 Å². The van der Waals surface area contributed by atoms with E-state index >= 15 is 0 Å². The molecule has 158 valence electrons. The van der Waals surface area contributed by atoms with Crippen LogP contribution < -0.4 is 0 Å². The first-order valence-corrected chi connectivity index (χ1v) is 10.0. The molecule has 0 radical (unpaired) electrons. The number of rotatable bonds is 6. The number of carbonyl (C=O) groups excluding carboxylic acids is 1. The SMILES string of the molecule is CN(Cc1cnn(C)c1)C(=O)CN1CCCC(c2nc(-c3cccc(F)c3)no2)C1. The van der Waals surface area contributed by atoms with E-state index in [0.717, 1.165) is 24.9 Å². The molecule has 1 atom stereocenters. The maximum absolute atomic E-state index is 13.5. The van der Waals surface area contributed by atoms with Gasteiger partial charge < -0.3 is 9.42 Å². The van der Waals surface area contributed by atoms with Crippen molar-refractivity contribution in [3.05, 3.63) is 53.9 Å². The molecule has 8 nitrogen and oxygen atoms in total. The number of hydrogen-bond acceptors (Lipinski definition) is 6. The van der Waals surface area contributed by atoms with E-state index < -0.39 is 0 Å². The molecule has 0 spiro atoms. The molecule has 0 aliphatic carbocycles. The van der Waals surface area contributed by atoms with Crippen molar-refractivity contribution in [2.75, 3.05) is 26.7 Å². The summed E-state index contributed by atoms with van der Waals surface area (Å²) < 4.78 is 20.7. The van der Waals surface area contributed by atoms with E-state index in [2.05, 4.69) is 20.1 Å². The first-order valence-electron chi connectivity index (χ1n) is 10.0. The third kappa shape index (κ3) is 4.73. The Morgan fingerprint density at radius 2 is 2.27 bits per heavy atom. The molecule has 0 saturated carbocycles. The van der Waals surface area contributed by atoms with Crippen molar-refractivity contribution in [3.63, 3.8) is 0 Å². The van der Waals surface area contributed by atoms with E-state index in [0.29, 0.717) is 36.9 Å². The molecular formula is C21H25FN6O2. The summed E-state index contributed by atoms with van der Waals surface area (Å²) in [6.07, 6.45) is 5.54. The molecule has 3 aromatic rings. The first-order chi connectivity index (χ1) is 14.5. The van der Waals surface area contributed by atoms with Crippen molar-refractivity contribution in [1.29, 1.82) is 0 Å². The average molecular weight is 412 g/mol. The number of halogens is 1. The third-order valence-corrected chi connectivity index (χ3v) is 5.34. The van der Waals surface area contributed by atoms with Gasteiger partial charge in [-0.25, -0.2) is 4.39 Å². The Morgan fingerprint density at radius 3 is 3.03 bits per heavy atom. The molecule has 1 saturated heterocycles. The number of aryl methyl sites for hydroxylation is 1. The highest BCUT2D eigenvalue weighted by Crippen LogP contribution is 2.27. The van der Waals surface area contributed by atoms with Crippen LogP contribution in [0.25, 0.3) is 11.4 Å². The van der Waals surface area contributed by atoms with Gasteiger partial charge in [-0.15, -0.1) is 0 Å². The second kappa shape index (κ2) is 8.74. The van der Waals surface area contributed by atoms with Gasteiger partial charge in [-0.2, -0.15) is 10.1 Å². The van der Waals surface area contributed by atoms with Crippen molar-refractivity contribution in [2.45, 2.75) is 25.3 Å².